The number of rotatable bonds is 5. The van der Waals surface area contributed by atoms with Crippen LogP contribution in [0, 0.1) is 0 Å². The van der Waals surface area contributed by atoms with Crippen molar-refractivity contribution in [2.75, 3.05) is 11.1 Å². The van der Waals surface area contributed by atoms with E-state index in [4.69, 9.17) is 5.73 Å². The van der Waals surface area contributed by atoms with Crippen LogP contribution in [0.5, 0.6) is 0 Å². The van der Waals surface area contributed by atoms with E-state index >= 15 is 0 Å². The molecule has 0 unspecified atom stereocenters. The Balaban J connectivity index is 1.44. The lowest BCUT2D eigenvalue weighted by Gasteiger charge is -2.09. The van der Waals surface area contributed by atoms with Gasteiger partial charge in [-0.3, -0.25) is 4.79 Å². The van der Waals surface area contributed by atoms with Crippen molar-refractivity contribution < 1.29 is 4.79 Å². The van der Waals surface area contributed by atoms with Gasteiger partial charge in [0, 0.05) is 10.9 Å². The molecular weight excluding hydrogens is 398 g/mol. The fourth-order valence-electron chi connectivity index (χ4n) is 2.40. The van der Waals surface area contributed by atoms with Crippen LogP contribution in [-0.2, 0) is 4.79 Å². The first kappa shape index (κ1) is 17.9. The lowest BCUT2D eigenvalue weighted by Crippen LogP contribution is -2.22. The number of anilines is 2. The summed E-state index contributed by atoms with van der Waals surface area (Å²) in [5, 5.41) is 8.24. The van der Waals surface area contributed by atoms with E-state index in [1.807, 2.05) is 54.1 Å². The first-order valence-corrected chi connectivity index (χ1v) is 10.7. The molecular formula is C18H15N5OS3. The molecule has 4 rings (SSSR count). The zero-order valence-electron chi connectivity index (χ0n) is 14.2. The molecule has 136 valence electrons. The molecule has 0 radical (unpaired) electrons. The average molecular weight is 414 g/mol. The Hall–Kier alpha value is -2.49. The average Bonchev–Trinajstić information content (AvgIpc) is 3.32. The van der Waals surface area contributed by atoms with E-state index in [2.05, 4.69) is 20.3 Å². The monoisotopic (exact) mass is 413 g/mol. The second kappa shape index (κ2) is 7.63. The number of benzene rings is 1. The number of hydrogen-bond donors (Lipinski definition) is 2. The maximum Gasteiger partial charge on any atom is 0.239 e. The van der Waals surface area contributed by atoms with E-state index in [9.17, 15) is 4.79 Å². The third-order valence-electron chi connectivity index (χ3n) is 3.79. The third kappa shape index (κ3) is 3.95. The van der Waals surface area contributed by atoms with Crippen LogP contribution in [0.3, 0.4) is 0 Å². The maximum absolute atomic E-state index is 12.5. The van der Waals surface area contributed by atoms with Gasteiger partial charge in [-0.05, 0) is 18.4 Å². The van der Waals surface area contributed by atoms with Gasteiger partial charge in [-0.2, -0.15) is 0 Å². The minimum atomic E-state index is -0.383. The normalized spacial score (nSPS) is 12.2. The van der Waals surface area contributed by atoms with Crippen LogP contribution < -0.4 is 11.1 Å². The molecule has 4 aromatic rings. The van der Waals surface area contributed by atoms with Gasteiger partial charge in [0.05, 0.1) is 16.3 Å². The molecule has 0 spiro atoms. The number of nitrogens with one attached hydrogen (secondary N) is 1. The lowest BCUT2D eigenvalue weighted by atomic mass is 10.2. The highest BCUT2D eigenvalue weighted by atomic mass is 32.2. The van der Waals surface area contributed by atoms with Gasteiger partial charge in [0.2, 0.25) is 5.91 Å². The molecule has 1 amide bonds. The number of amides is 1. The lowest BCUT2D eigenvalue weighted by molar-refractivity contribution is -0.115. The zero-order chi connectivity index (χ0) is 18.8. The summed E-state index contributed by atoms with van der Waals surface area (Å²) in [5.74, 6) is 0.284. The fraction of sp³-hybridized carbons (Fsp3) is 0.111. The number of fused-ring (bicyclic) bond motifs is 1. The number of carbonyl (C=O) groups is 1. The molecule has 1 atom stereocenters. The molecule has 0 aliphatic heterocycles. The van der Waals surface area contributed by atoms with Crippen molar-refractivity contribution >= 4 is 61.5 Å². The molecule has 0 fully saturated rings. The number of nitrogens with two attached hydrogens (primary N) is 1. The Kier molecular flexibility index (Phi) is 5.06. The number of aromatic nitrogens is 3. The van der Waals surface area contributed by atoms with Gasteiger partial charge >= 0.3 is 0 Å². The standard InChI is InChI=1S/C18H15N5OS3/c1-10(27-18-21-14(19)12-7-8-25-16(12)23-18)15(24)22-17-20-13(9-26-17)11-5-3-2-4-6-11/h2-10H,1H3,(H2,19,21,23)(H,20,22,24)/t10-/m0/s1. The summed E-state index contributed by atoms with van der Waals surface area (Å²) in [7, 11) is 0. The summed E-state index contributed by atoms with van der Waals surface area (Å²) in [6.07, 6.45) is 0. The molecule has 6 nitrogen and oxygen atoms in total. The van der Waals surface area contributed by atoms with Crippen LogP contribution in [0.15, 0.2) is 52.3 Å². The van der Waals surface area contributed by atoms with E-state index < -0.39 is 0 Å². The summed E-state index contributed by atoms with van der Waals surface area (Å²) < 4.78 is 0. The SMILES string of the molecule is C[C@H](Sc1nc(N)c2ccsc2n1)C(=O)Nc1nc(-c2ccccc2)cs1. The van der Waals surface area contributed by atoms with Gasteiger partial charge in [0.15, 0.2) is 10.3 Å². The number of thiophene rings is 1. The molecule has 3 N–H and O–H groups in total. The van der Waals surface area contributed by atoms with Crippen LogP contribution in [0.25, 0.3) is 21.5 Å². The van der Waals surface area contributed by atoms with Gasteiger partial charge in [-0.15, -0.1) is 22.7 Å². The van der Waals surface area contributed by atoms with Crippen molar-refractivity contribution in [3.63, 3.8) is 0 Å². The quantitative estimate of drug-likeness (QED) is 0.369. The number of carbonyl (C=O) groups excluding carboxylic acids is 1. The zero-order valence-corrected chi connectivity index (χ0v) is 16.7. The minimum Gasteiger partial charge on any atom is -0.383 e. The number of nitrogens with zero attached hydrogens (tertiary/aromatic N) is 3. The first-order chi connectivity index (χ1) is 13.1. The Morgan fingerprint density at radius 1 is 1.15 bits per heavy atom. The van der Waals surface area contributed by atoms with Crippen LogP contribution in [0.4, 0.5) is 10.9 Å². The molecule has 0 aliphatic carbocycles. The van der Waals surface area contributed by atoms with E-state index in [1.54, 1.807) is 0 Å². The molecule has 0 bridgehead atoms. The van der Waals surface area contributed by atoms with E-state index in [0.29, 0.717) is 16.1 Å². The van der Waals surface area contributed by atoms with Crippen LogP contribution in [0.2, 0.25) is 0 Å². The van der Waals surface area contributed by atoms with E-state index in [1.165, 1.54) is 34.4 Å². The van der Waals surface area contributed by atoms with Gasteiger partial charge in [-0.25, -0.2) is 15.0 Å². The molecule has 1 aromatic carbocycles. The Morgan fingerprint density at radius 2 is 1.96 bits per heavy atom. The number of thioether (sulfide) groups is 1. The summed E-state index contributed by atoms with van der Waals surface area (Å²) in [6, 6.07) is 11.7. The third-order valence-corrected chi connectivity index (χ3v) is 6.31. The summed E-state index contributed by atoms with van der Waals surface area (Å²) in [6.45, 7) is 1.81. The first-order valence-electron chi connectivity index (χ1n) is 8.09. The summed E-state index contributed by atoms with van der Waals surface area (Å²) in [4.78, 5) is 26.6. The highest BCUT2D eigenvalue weighted by Crippen LogP contribution is 2.29. The number of thiazole rings is 1. The fourth-order valence-corrected chi connectivity index (χ4v) is 4.73. The van der Waals surface area contributed by atoms with Crippen molar-refractivity contribution in [2.24, 2.45) is 0 Å². The Labute approximate surface area is 167 Å². The second-order valence-corrected chi connectivity index (χ2v) is 8.74. The highest BCUT2D eigenvalue weighted by Gasteiger charge is 2.19. The largest absolute Gasteiger partial charge is 0.383 e. The Morgan fingerprint density at radius 3 is 2.78 bits per heavy atom. The van der Waals surface area contributed by atoms with E-state index in [-0.39, 0.29) is 11.2 Å². The van der Waals surface area contributed by atoms with Crippen LogP contribution in [-0.4, -0.2) is 26.1 Å². The van der Waals surface area contributed by atoms with Crippen molar-refractivity contribution in [3.8, 4) is 11.3 Å². The minimum absolute atomic E-state index is 0.151. The van der Waals surface area contributed by atoms with Gasteiger partial charge in [-0.1, -0.05) is 42.1 Å². The van der Waals surface area contributed by atoms with Crippen molar-refractivity contribution in [1.82, 2.24) is 15.0 Å². The van der Waals surface area contributed by atoms with Crippen molar-refractivity contribution in [3.05, 3.63) is 47.2 Å². The molecule has 3 aromatic heterocycles. The van der Waals surface area contributed by atoms with Gasteiger partial charge < -0.3 is 11.1 Å². The number of hydrogen-bond acceptors (Lipinski definition) is 8. The summed E-state index contributed by atoms with van der Waals surface area (Å²) >= 11 is 4.18. The molecule has 27 heavy (non-hydrogen) atoms. The second-order valence-electron chi connectivity index (χ2n) is 5.68. The van der Waals surface area contributed by atoms with E-state index in [0.717, 1.165) is 21.5 Å². The predicted octanol–water partition coefficient (Wildman–Crippen LogP) is 4.52. The predicted molar refractivity (Wildman–Crippen MR) is 113 cm³/mol. The highest BCUT2D eigenvalue weighted by molar-refractivity contribution is 8.00. The molecule has 0 saturated carbocycles. The molecule has 0 aliphatic rings. The Bertz CT molecular complexity index is 1090. The van der Waals surface area contributed by atoms with Crippen LogP contribution >= 0.6 is 34.4 Å². The topological polar surface area (TPSA) is 93.8 Å². The van der Waals surface area contributed by atoms with Crippen molar-refractivity contribution in [2.45, 2.75) is 17.3 Å². The summed E-state index contributed by atoms with van der Waals surface area (Å²) in [5.41, 5.74) is 7.83. The molecule has 3 heterocycles. The maximum atomic E-state index is 12.5. The van der Waals surface area contributed by atoms with Gasteiger partial charge in [0.25, 0.3) is 0 Å². The molecule has 9 heteroatoms. The molecule has 0 saturated heterocycles. The van der Waals surface area contributed by atoms with Crippen LogP contribution in [0.1, 0.15) is 6.92 Å². The number of nitrogen functional groups attached to an aromatic ring is 1. The van der Waals surface area contributed by atoms with Gasteiger partial charge in [0.1, 0.15) is 10.6 Å². The van der Waals surface area contributed by atoms with Crippen molar-refractivity contribution in [1.29, 1.82) is 0 Å². The smallest absolute Gasteiger partial charge is 0.239 e.